The first-order valence-corrected chi connectivity index (χ1v) is 8.83. The lowest BCUT2D eigenvalue weighted by Crippen LogP contribution is -2.31. The van der Waals surface area contributed by atoms with Gasteiger partial charge in [-0.2, -0.15) is 0 Å². The van der Waals surface area contributed by atoms with Gasteiger partial charge in [0.2, 0.25) is 0 Å². The summed E-state index contributed by atoms with van der Waals surface area (Å²) in [5.41, 5.74) is 3.76. The smallest absolute Gasteiger partial charge is 0.186 e. The SMILES string of the molecule is COc1ccc(CN2C=CC3=CC=CC(=O)C3=C3C=C(Cl)C=CC32)cc1. The minimum Gasteiger partial charge on any atom is -0.497 e. The zero-order valence-corrected chi connectivity index (χ0v) is 15.1. The second-order valence-electron chi connectivity index (χ2n) is 6.35. The van der Waals surface area contributed by atoms with Crippen molar-refractivity contribution < 1.29 is 9.53 Å². The normalized spacial score (nSPS) is 21.1. The number of nitrogens with zero attached hydrogens (tertiary/aromatic N) is 1. The number of ether oxygens (including phenoxy) is 1. The molecule has 3 nitrogen and oxygen atoms in total. The average molecular weight is 364 g/mol. The fourth-order valence-electron chi connectivity index (χ4n) is 3.44. The van der Waals surface area contributed by atoms with Crippen LogP contribution in [0.2, 0.25) is 0 Å². The molecule has 4 rings (SSSR count). The maximum absolute atomic E-state index is 12.5. The summed E-state index contributed by atoms with van der Waals surface area (Å²) in [7, 11) is 1.66. The van der Waals surface area contributed by atoms with Crippen molar-refractivity contribution in [2.24, 2.45) is 0 Å². The number of ketones is 1. The van der Waals surface area contributed by atoms with Gasteiger partial charge in [0, 0.05) is 23.4 Å². The van der Waals surface area contributed by atoms with E-state index in [9.17, 15) is 4.79 Å². The molecule has 0 bridgehead atoms. The minimum absolute atomic E-state index is 0.0227. The first kappa shape index (κ1) is 16.7. The van der Waals surface area contributed by atoms with Crippen LogP contribution in [0.15, 0.2) is 94.7 Å². The minimum atomic E-state index is -0.0350. The Hall–Kier alpha value is -2.78. The van der Waals surface area contributed by atoms with Crippen molar-refractivity contribution in [1.29, 1.82) is 0 Å². The van der Waals surface area contributed by atoms with Crippen molar-refractivity contribution in [3.63, 3.8) is 0 Å². The molecule has 1 heterocycles. The summed E-state index contributed by atoms with van der Waals surface area (Å²) in [6, 6.07) is 7.99. The highest BCUT2D eigenvalue weighted by atomic mass is 35.5. The van der Waals surface area contributed by atoms with Crippen LogP contribution < -0.4 is 4.74 Å². The highest BCUT2D eigenvalue weighted by Gasteiger charge is 2.29. The number of carbonyl (C=O) groups is 1. The Balaban J connectivity index is 1.73. The maximum Gasteiger partial charge on any atom is 0.186 e. The number of methoxy groups -OCH3 is 1. The van der Waals surface area contributed by atoms with Gasteiger partial charge in [-0.15, -0.1) is 0 Å². The summed E-state index contributed by atoms with van der Waals surface area (Å²) in [6.07, 6.45) is 15.3. The Morgan fingerprint density at radius 3 is 2.73 bits per heavy atom. The summed E-state index contributed by atoms with van der Waals surface area (Å²) in [4.78, 5) is 14.7. The molecule has 1 aromatic rings. The van der Waals surface area contributed by atoms with Gasteiger partial charge in [0.25, 0.3) is 0 Å². The van der Waals surface area contributed by atoms with Gasteiger partial charge < -0.3 is 9.64 Å². The number of allylic oxidation sites excluding steroid dienone is 8. The second kappa shape index (κ2) is 6.85. The van der Waals surface area contributed by atoms with Gasteiger partial charge in [0.1, 0.15) is 5.75 Å². The van der Waals surface area contributed by atoms with E-state index in [1.165, 1.54) is 0 Å². The van der Waals surface area contributed by atoms with Crippen molar-refractivity contribution in [3.8, 4) is 5.75 Å². The lowest BCUT2D eigenvalue weighted by molar-refractivity contribution is -0.111. The van der Waals surface area contributed by atoms with Crippen LogP contribution in [0.4, 0.5) is 0 Å². The molecular weight excluding hydrogens is 346 g/mol. The third kappa shape index (κ3) is 3.06. The van der Waals surface area contributed by atoms with Crippen LogP contribution in [0, 0.1) is 0 Å². The van der Waals surface area contributed by atoms with E-state index in [-0.39, 0.29) is 11.8 Å². The van der Waals surface area contributed by atoms with Crippen LogP contribution in [-0.2, 0) is 11.3 Å². The van der Waals surface area contributed by atoms with E-state index in [0.717, 1.165) is 28.0 Å². The number of hydrogen-bond acceptors (Lipinski definition) is 3. The fourth-order valence-corrected chi connectivity index (χ4v) is 3.63. The number of rotatable bonds is 3. The van der Waals surface area contributed by atoms with E-state index in [0.29, 0.717) is 11.6 Å². The third-order valence-electron chi connectivity index (χ3n) is 4.72. The molecule has 26 heavy (non-hydrogen) atoms. The molecule has 3 aliphatic rings. The zero-order chi connectivity index (χ0) is 18.1. The molecule has 0 fully saturated rings. The van der Waals surface area contributed by atoms with Crippen LogP contribution in [-0.4, -0.2) is 23.8 Å². The molecule has 1 aliphatic heterocycles. The molecule has 0 saturated heterocycles. The van der Waals surface area contributed by atoms with Crippen molar-refractivity contribution in [1.82, 2.24) is 4.90 Å². The Morgan fingerprint density at radius 1 is 1.15 bits per heavy atom. The maximum atomic E-state index is 12.5. The highest BCUT2D eigenvalue weighted by molar-refractivity contribution is 6.31. The van der Waals surface area contributed by atoms with Gasteiger partial charge in [-0.1, -0.05) is 42.0 Å². The van der Waals surface area contributed by atoms with Crippen molar-refractivity contribution in [3.05, 3.63) is 100 Å². The van der Waals surface area contributed by atoms with Gasteiger partial charge in [0.15, 0.2) is 5.78 Å². The fraction of sp³-hybridized carbons (Fsp3) is 0.136. The quantitative estimate of drug-likeness (QED) is 0.794. The zero-order valence-electron chi connectivity index (χ0n) is 14.4. The van der Waals surface area contributed by atoms with Crippen LogP contribution in [0.1, 0.15) is 5.56 Å². The molecule has 1 atom stereocenters. The van der Waals surface area contributed by atoms with Crippen LogP contribution in [0.25, 0.3) is 0 Å². The first-order chi connectivity index (χ1) is 12.7. The molecule has 0 aromatic heterocycles. The van der Waals surface area contributed by atoms with E-state index in [1.807, 2.05) is 42.5 Å². The van der Waals surface area contributed by atoms with E-state index in [2.05, 4.69) is 23.2 Å². The van der Waals surface area contributed by atoms with Crippen LogP contribution in [0.3, 0.4) is 0 Å². The summed E-state index contributed by atoms with van der Waals surface area (Å²) in [5, 5.41) is 0.636. The van der Waals surface area contributed by atoms with Gasteiger partial charge in [-0.25, -0.2) is 0 Å². The number of carbonyl (C=O) groups excluding carboxylic acids is 1. The van der Waals surface area contributed by atoms with E-state index in [4.69, 9.17) is 16.3 Å². The van der Waals surface area contributed by atoms with Gasteiger partial charge in [-0.05, 0) is 53.1 Å². The number of benzene rings is 1. The lowest BCUT2D eigenvalue weighted by Gasteiger charge is -2.31. The Kier molecular flexibility index (Phi) is 4.39. The number of fused-ring (bicyclic) bond motifs is 2. The summed E-state index contributed by atoms with van der Waals surface area (Å²) in [5.74, 6) is 0.859. The van der Waals surface area contributed by atoms with Gasteiger partial charge in [0.05, 0.1) is 13.2 Å². The van der Waals surface area contributed by atoms with Crippen molar-refractivity contribution in [2.75, 3.05) is 7.11 Å². The molecule has 0 spiro atoms. The van der Waals surface area contributed by atoms with Crippen molar-refractivity contribution >= 4 is 17.4 Å². The van der Waals surface area contributed by atoms with E-state index in [1.54, 1.807) is 19.3 Å². The van der Waals surface area contributed by atoms with Crippen LogP contribution >= 0.6 is 11.6 Å². The summed E-state index contributed by atoms with van der Waals surface area (Å²) in [6.45, 7) is 0.715. The molecule has 1 aromatic carbocycles. The highest BCUT2D eigenvalue weighted by Crippen LogP contribution is 2.34. The molecule has 2 aliphatic carbocycles. The first-order valence-electron chi connectivity index (χ1n) is 8.45. The van der Waals surface area contributed by atoms with Gasteiger partial charge >= 0.3 is 0 Å². The number of halogens is 1. The molecule has 0 radical (unpaired) electrons. The molecule has 0 N–H and O–H groups in total. The molecule has 130 valence electrons. The topological polar surface area (TPSA) is 29.5 Å². The average Bonchev–Trinajstić information content (AvgIpc) is 2.80. The predicted octanol–water partition coefficient (Wildman–Crippen LogP) is 4.45. The van der Waals surface area contributed by atoms with Crippen molar-refractivity contribution in [2.45, 2.75) is 12.6 Å². The Bertz CT molecular complexity index is 929. The molecule has 1 unspecified atom stereocenters. The predicted molar refractivity (Wildman–Crippen MR) is 104 cm³/mol. The summed E-state index contributed by atoms with van der Waals surface area (Å²) < 4.78 is 5.23. The van der Waals surface area contributed by atoms with E-state index < -0.39 is 0 Å². The lowest BCUT2D eigenvalue weighted by atomic mass is 9.87. The van der Waals surface area contributed by atoms with E-state index >= 15 is 0 Å². The second-order valence-corrected chi connectivity index (χ2v) is 6.78. The molecule has 4 heteroatoms. The number of hydrogen-bond donors (Lipinski definition) is 0. The standard InChI is InChI=1S/C22H18ClNO2/c1-26-18-8-5-15(6-9-18)14-24-12-11-16-3-2-4-21(25)22(16)19-13-17(23)7-10-20(19)24/h2-13,20H,14H2,1H3. The third-order valence-corrected chi connectivity index (χ3v) is 4.96. The Morgan fingerprint density at radius 2 is 1.96 bits per heavy atom. The van der Waals surface area contributed by atoms with Gasteiger partial charge in [-0.3, -0.25) is 4.79 Å². The molecule has 0 amide bonds. The monoisotopic (exact) mass is 363 g/mol. The molecule has 0 saturated carbocycles. The van der Waals surface area contributed by atoms with Crippen LogP contribution in [0.5, 0.6) is 5.75 Å². The molecular formula is C22H18ClNO2. The largest absolute Gasteiger partial charge is 0.497 e. The Labute approximate surface area is 157 Å². The summed E-state index contributed by atoms with van der Waals surface area (Å²) >= 11 is 6.25.